The summed E-state index contributed by atoms with van der Waals surface area (Å²) in [5.74, 6) is 1.01. The Morgan fingerprint density at radius 3 is 2.65 bits per heavy atom. The fourth-order valence-electron chi connectivity index (χ4n) is 2.50. The lowest BCUT2D eigenvalue weighted by molar-refractivity contribution is 0.0439. The van der Waals surface area contributed by atoms with Gasteiger partial charge >= 0.3 is 7.60 Å². The SMILES string of the molecule is C/C(=C1/CC(O)c2cc(Br)ccc2O1)P1(=O)OCC(C)(C)CO1. The van der Waals surface area contributed by atoms with E-state index in [9.17, 15) is 9.67 Å². The minimum Gasteiger partial charge on any atom is -0.461 e. The molecule has 5 nitrogen and oxygen atoms in total. The van der Waals surface area contributed by atoms with E-state index in [0.29, 0.717) is 35.6 Å². The van der Waals surface area contributed by atoms with E-state index in [4.69, 9.17) is 13.8 Å². The summed E-state index contributed by atoms with van der Waals surface area (Å²) in [6, 6.07) is 5.43. The molecule has 7 heteroatoms. The van der Waals surface area contributed by atoms with E-state index in [1.165, 1.54) is 0 Å². The van der Waals surface area contributed by atoms with Gasteiger partial charge in [0.25, 0.3) is 0 Å². The average molecular weight is 403 g/mol. The summed E-state index contributed by atoms with van der Waals surface area (Å²) in [5, 5.41) is 10.8. The van der Waals surface area contributed by atoms with Gasteiger partial charge in [-0.3, -0.25) is 4.57 Å². The van der Waals surface area contributed by atoms with Gasteiger partial charge in [-0.1, -0.05) is 29.8 Å². The van der Waals surface area contributed by atoms with Crippen molar-refractivity contribution in [2.24, 2.45) is 5.41 Å². The third-order valence-corrected chi connectivity index (χ3v) is 6.51. The highest BCUT2D eigenvalue weighted by Gasteiger charge is 2.40. The molecule has 1 aromatic carbocycles. The van der Waals surface area contributed by atoms with Crippen molar-refractivity contribution in [1.82, 2.24) is 0 Å². The van der Waals surface area contributed by atoms with E-state index in [0.717, 1.165) is 4.47 Å². The monoisotopic (exact) mass is 402 g/mol. The topological polar surface area (TPSA) is 65.0 Å². The number of hydrogen-bond donors (Lipinski definition) is 1. The Morgan fingerprint density at radius 2 is 2.00 bits per heavy atom. The Kier molecular flexibility index (Phi) is 4.49. The molecule has 0 aromatic heterocycles. The van der Waals surface area contributed by atoms with Crippen molar-refractivity contribution in [2.45, 2.75) is 33.3 Å². The number of fused-ring (bicyclic) bond motifs is 1. The van der Waals surface area contributed by atoms with Crippen molar-refractivity contribution >= 4 is 23.5 Å². The van der Waals surface area contributed by atoms with Crippen molar-refractivity contribution < 1.29 is 23.5 Å². The van der Waals surface area contributed by atoms with Crippen LogP contribution in [0.15, 0.2) is 33.7 Å². The highest BCUT2D eigenvalue weighted by atomic mass is 79.9. The Balaban J connectivity index is 1.91. The third kappa shape index (κ3) is 3.42. The number of allylic oxidation sites excluding steroid dienone is 1. The molecule has 2 aliphatic rings. The van der Waals surface area contributed by atoms with Gasteiger partial charge < -0.3 is 18.9 Å². The van der Waals surface area contributed by atoms with Crippen LogP contribution in [0, 0.1) is 5.41 Å². The number of ether oxygens (including phenoxy) is 1. The zero-order chi connectivity index (χ0) is 16.8. The predicted octanol–water partition coefficient (Wildman–Crippen LogP) is 4.76. The molecule has 2 aliphatic heterocycles. The first-order chi connectivity index (χ1) is 10.7. The molecular formula is C16H20BrO5P. The molecule has 1 N–H and O–H groups in total. The van der Waals surface area contributed by atoms with Crippen molar-refractivity contribution in [3.63, 3.8) is 0 Å². The summed E-state index contributed by atoms with van der Waals surface area (Å²) in [4.78, 5) is 0. The molecular weight excluding hydrogens is 383 g/mol. The second kappa shape index (κ2) is 6.01. The summed E-state index contributed by atoms with van der Waals surface area (Å²) in [6.07, 6.45) is -0.468. The molecule has 0 bridgehead atoms. The smallest absolute Gasteiger partial charge is 0.360 e. The minimum atomic E-state index is -3.37. The Labute approximate surface area is 144 Å². The number of halogens is 1. The summed E-state index contributed by atoms with van der Waals surface area (Å²) < 4.78 is 30.7. The molecule has 3 rings (SSSR count). The largest absolute Gasteiger partial charge is 0.461 e. The maximum atomic E-state index is 12.9. The lowest BCUT2D eigenvalue weighted by Gasteiger charge is -2.35. The van der Waals surface area contributed by atoms with Crippen LogP contribution in [0.1, 0.15) is 38.9 Å². The second-order valence-electron chi connectivity index (χ2n) is 6.72. The zero-order valence-corrected chi connectivity index (χ0v) is 15.8. The van der Waals surface area contributed by atoms with Crippen LogP contribution in [-0.2, 0) is 13.6 Å². The van der Waals surface area contributed by atoms with Crippen LogP contribution in [-0.4, -0.2) is 18.3 Å². The van der Waals surface area contributed by atoms with Gasteiger partial charge in [0.2, 0.25) is 0 Å². The maximum Gasteiger partial charge on any atom is 0.360 e. The normalized spacial score (nSPS) is 27.8. The molecule has 1 aromatic rings. The van der Waals surface area contributed by atoms with Crippen LogP contribution in [0.4, 0.5) is 0 Å². The van der Waals surface area contributed by atoms with E-state index in [1.54, 1.807) is 13.0 Å². The number of benzene rings is 1. The number of rotatable bonds is 1. The van der Waals surface area contributed by atoms with Crippen LogP contribution in [0.2, 0.25) is 0 Å². The first kappa shape index (κ1) is 17.2. The molecule has 0 saturated carbocycles. The Hall–Kier alpha value is -0.650. The van der Waals surface area contributed by atoms with E-state index in [2.05, 4.69) is 15.9 Å². The summed E-state index contributed by atoms with van der Waals surface area (Å²) >= 11 is 3.38. The van der Waals surface area contributed by atoms with Gasteiger partial charge in [0, 0.05) is 21.9 Å². The molecule has 1 saturated heterocycles. The molecule has 126 valence electrons. The highest BCUT2D eigenvalue weighted by molar-refractivity contribution is 9.10. The molecule has 1 unspecified atom stereocenters. The second-order valence-corrected chi connectivity index (χ2v) is 9.82. The van der Waals surface area contributed by atoms with Gasteiger partial charge in [-0.2, -0.15) is 0 Å². The summed E-state index contributed by atoms with van der Waals surface area (Å²) in [6.45, 7) is 6.40. The number of hydrogen-bond acceptors (Lipinski definition) is 5. The van der Waals surface area contributed by atoms with Gasteiger partial charge in [-0.15, -0.1) is 0 Å². The average Bonchev–Trinajstić information content (AvgIpc) is 2.50. The fraction of sp³-hybridized carbons (Fsp3) is 0.500. The zero-order valence-electron chi connectivity index (χ0n) is 13.3. The molecule has 2 heterocycles. The van der Waals surface area contributed by atoms with Crippen LogP contribution in [0.3, 0.4) is 0 Å². The third-order valence-electron chi connectivity index (χ3n) is 4.01. The van der Waals surface area contributed by atoms with Gasteiger partial charge in [0.1, 0.15) is 11.5 Å². The van der Waals surface area contributed by atoms with Crippen molar-refractivity contribution in [2.75, 3.05) is 13.2 Å². The molecule has 0 radical (unpaired) electrons. The van der Waals surface area contributed by atoms with Crippen LogP contribution < -0.4 is 4.74 Å². The molecule has 1 atom stereocenters. The van der Waals surface area contributed by atoms with Crippen LogP contribution in [0.5, 0.6) is 5.75 Å². The molecule has 23 heavy (non-hydrogen) atoms. The summed E-state index contributed by atoms with van der Waals surface area (Å²) in [5.41, 5.74) is 0.547. The van der Waals surface area contributed by atoms with Crippen LogP contribution in [0.25, 0.3) is 0 Å². The minimum absolute atomic E-state index is 0.162. The molecule has 0 spiro atoms. The lowest BCUT2D eigenvalue weighted by atomic mass is 9.97. The van der Waals surface area contributed by atoms with Gasteiger partial charge in [0.15, 0.2) is 0 Å². The van der Waals surface area contributed by atoms with Gasteiger partial charge in [0.05, 0.1) is 24.6 Å². The quantitative estimate of drug-likeness (QED) is 0.685. The first-order valence-electron chi connectivity index (χ1n) is 7.45. The van der Waals surface area contributed by atoms with E-state index >= 15 is 0 Å². The first-order valence-corrected chi connectivity index (χ1v) is 9.79. The Bertz CT molecular complexity index is 698. The highest BCUT2D eigenvalue weighted by Crippen LogP contribution is 2.61. The van der Waals surface area contributed by atoms with Crippen molar-refractivity contribution in [3.8, 4) is 5.75 Å². The number of aliphatic hydroxyl groups is 1. The lowest BCUT2D eigenvalue weighted by Crippen LogP contribution is -2.30. The van der Waals surface area contributed by atoms with Gasteiger partial charge in [-0.25, -0.2) is 0 Å². The van der Waals surface area contributed by atoms with Crippen molar-refractivity contribution in [1.29, 1.82) is 0 Å². The maximum absolute atomic E-state index is 12.9. The molecule has 0 amide bonds. The number of aliphatic hydroxyl groups excluding tert-OH is 1. The predicted molar refractivity (Wildman–Crippen MR) is 90.3 cm³/mol. The van der Waals surface area contributed by atoms with E-state index in [1.807, 2.05) is 26.0 Å². The van der Waals surface area contributed by atoms with Crippen LogP contribution >= 0.6 is 23.5 Å². The van der Waals surface area contributed by atoms with Gasteiger partial charge in [-0.05, 0) is 25.1 Å². The van der Waals surface area contributed by atoms with E-state index < -0.39 is 13.7 Å². The van der Waals surface area contributed by atoms with E-state index in [-0.39, 0.29) is 11.8 Å². The summed E-state index contributed by atoms with van der Waals surface area (Å²) in [7, 11) is -3.37. The van der Waals surface area contributed by atoms with Crippen molar-refractivity contribution in [3.05, 3.63) is 39.3 Å². The molecule has 1 fully saturated rings. The standard InChI is InChI=1S/C16H20BrO5P/c1-10(23(19)20-8-16(2,3)9-21-23)15-7-13(18)12-6-11(17)4-5-14(12)22-15/h4-6,13,18H,7-9H2,1-3H3/b15-10+. The Morgan fingerprint density at radius 1 is 1.35 bits per heavy atom. The fourth-order valence-corrected chi connectivity index (χ4v) is 4.82. The molecule has 0 aliphatic carbocycles.